The Bertz CT molecular complexity index is 621. The van der Waals surface area contributed by atoms with Gasteiger partial charge in [-0.1, -0.05) is 6.92 Å². The second-order valence-corrected chi connectivity index (χ2v) is 7.47. The van der Waals surface area contributed by atoms with Crippen LogP contribution in [-0.2, 0) is 9.05 Å². The molecule has 112 valence electrons. The van der Waals surface area contributed by atoms with Crippen molar-refractivity contribution in [2.75, 3.05) is 13.1 Å². The quantitative estimate of drug-likeness (QED) is 0.729. The summed E-state index contributed by atoms with van der Waals surface area (Å²) in [6, 6.07) is 1.89. The molecule has 1 amide bonds. The number of benzene rings is 1. The molecule has 8 heteroatoms. The fraction of sp³-hybridized carbons (Fsp3) is 0.417. The standard InChI is InChI=1S/C12H14BrClFNO3S/c1-3-5-16(4-2)12(17)8-6-11(20(14,18)19)10(15)7-9(8)13/h6-7H,3-5H2,1-2H3. The number of hydrogen-bond donors (Lipinski definition) is 0. The van der Waals surface area contributed by atoms with Crippen LogP contribution in [0.15, 0.2) is 21.5 Å². The van der Waals surface area contributed by atoms with E-state index in [1.54, 1.807) is 4.90 Å². The van der Waals surface area contributed by atoms with Crippen molar-refractivity contribution in [1.29, 1.82) is 0 Å². The molecule has 0 aliphatic heterocycles. The lowest BCUT2D eigenvalue weighted by atomic mass is 10.2. The van der Waals surface area contributed by atoms with E-state index in [-0.39, 0.29) is 15.9 Å². The summed E-state index contributed by atoms with van der Waals surface area (Å²) in [4.78, 5) is 13.2. The van der Waals surface area contributed by atoms with Gasteiger partial charge in [-0.2, -0.15) is 0 Å². The summed E-state index contributed by atoms with van der Waals surface area (Å²) < 4.78 is 36.4. The number of amides is 1. The van der Waals surface area contributed by atoms with Crippen molar-refractivity contribution in [2.24, 2.45) is 0 Å². The van der Waals surface area contributed by atoms with Crippen molar-refractivity contribution in [3.8, 4) is 0 Å². The molecule has 0 N–H and O–H groups in total. The number of hydrogen-bond acceptors (Lipinski definition) is 3. The minimum atomic E-state index is -4.25. The van der Waals surface area contributed by atoms with Crippen LogP contribution in [0.25, 0.3) is 0 Å². The zero-order valence-electron chi connectivity index (χ0n) is 11.0. The molecule has 0 bridgehead atoms. The van der Waals surface area contributed by atoms with E-state index >= 15 is 0 Å². The zero-order chi connectivity index (χ0) is 15.5. The number of rotatable bonds is 5. The Balaban J connectivity index is 3.35. The van der Waals surface area contributed by atoms with Crippen LogP contribution in [-0.4, -0.2) is 32.3 Å². The molecule has 0 aromatic heterocycles. The third kappa shape index (κ3) is 3.93. The van der Waals surface area contributed by atoms with E-state index < -0.39 is 19.8 Å². The molecule has 0 unspecified atom stereocenters. The first-order valence-corrected chi connectivity index (χ1v) is 9.05. The highest BCUT2D eigenvalue weighted by molar-refractivity contribution is 9.10. The van der Waals surface area contributed by atoms with E-state index in [1.807, 2.05) is 13.8 Å². The summed E-state index contributed by atoms with van der Waals surface area (Å²) >= 11 is 3.07. The first-order valence-electron chi connectivity index (χ1n) is 5.95. The molecule has 0 saturated carbocycles. The molecular weight excluding hydrogens is 373 g/mol. The van der Waals surface area contributed by atoms with Gasteiger partial charge >= 0.3 is 0 Å². The Hall–Kier alpha value is -0.660. The van der Waals surface area contributed by atoms with E-state index in [0.717, 1.165) is 18.6 Å². The van der Waals surface area contributed by atoms with E-state index in [9.17, 15) is 17.6 Å². The highest BCUT2D eigenvalue weighted by Gasteiger charge is 2.23. The fourth-order valence-corrected chi connectivity index (χ4v) is 3.11. The molecule has 0 aliphatic carbocycles. The Kier molecular flexibility index (Phi) is 5.97. The summed E-state index contributed by atoms with van der Waals surface area (Å²) in [7, 11) is 0.914. The molecule has 0 aliphatic rings. The summed E-state index contributed by atoms with van der Waals surface area (Å²) in [6.45, 7) is 4.73. The molecular formula is C12H14BrClFNO3S. The number of carbonyl (C=O) groups is 1. The highest BCUT2D eigenvalue weighted by atomic mass is 79.9. The summed E-state index contributed by atoms with van der Waals surface area (Å²) in [5.41, 5.74) is 0.0703. The van der Waals surface area contributed by atoms with Crippen LogP contribution in [0.5, 0.6) is 0 Å². The molecule has 0 saturated heterocycles. The molecule has 4 nitrogen and oxygen atoms in total. The normalized spacial score (nSPS) is 11.4. The van der Waals surface area contributed by atoms with Crippen LogP contribution < -0.4 is 0 Å². The van der Waals surface area contributed by atoms with Gasteiger partial charge in [0.05, 0.1) is 5.56 Å². The third-order valence-electron chi connectivity index (χ3n) is 2.68. The average Bonchev–Trinajstić information content (AvgIpc) is 2.33. The van der Waals surface area contributed by atoms with Crippen molar-refractivity contribution in [3.63, 3.8) is 0 Å². The lowest BCUT2D eigenvalue weighted by Gasteiger charge is -2.21. The van der Waals surface area contributed by atoms with Gasteiger partial charge in [0.15, 0.2) is 0 Å². The van der Waals surface area contributed by atoms with Gasteiger partial charge in [-0.05, 0) is 41.4 Å². The molecule has 0 spiro atoms. The minimum absolute atomic E-state index is 0.0703. The topological polar surface area (TPSA) is 54.5 Å². The fourth-order valence-electron chi connectivity index (χ4n) is 1.72. The Morgan fingerprint density at radius 2 is 2.00 bits per heavy atom. The van der Waals surface area contributed by atoms with Crippen LogP contribution in [0.4, 0.5) is 4.39 Å². The van der Waals surface area contributed by atoms with Gasteiger partial charge < -0.3 is 4.90 Å². The van der Waals surface area contributed by atoms with Gasteiger partial charge in [0.1, 0.15) is 10.7 Å². The smallest absolute Gasteiger partial charge is 0.264 e. The van der Waals surface area contributed by atoms with E-state index in [4.69, 9.17) is 10.7 Å². The summed E-state index contributed by atoms with van der Waals surface area (Å²) in [5, 5.41) is 0. The maximum absolute atomic E-state index is 13.6. The number of carbonyl (C=O) groups excluding carboxylic acids is 1. The summed E-state index contributed by atoms with van der Waals surface area (Å²) in [6.07, 6.45) is 0.763. The van der Waals surface area contributed by atoms with Crippen LogP contribution in [0.3, 0.4) is 0 Å². The third-order valence-corrected chi connectivity index (χ3v) is 4.67. The van der Waals surface area contributed by atoms with Crippen molar-refractivity contribution in [3.05, 3.63) is 28.0 Å². The monoisotopic (exact) mass is 385 g/mol. The molecule has 1 rings (SSSR count). The predicted molar refractivity (Wildman–Crippen MR) is 79.0 cm³/mol. The van der Waals surface area contributed by atoms with Gasteiger partial charge in [0.25, 0.3) is 15.0 Å². The SMILES string of the molecule is CCCN(CC)C(=O)c1cc(S(=O)(=O)Cl)c(F)cc1Br. The summed E-state index contributed by atoms with van der Waals surface area (Å²) in [5.74, 6) is -1.37. The minimum Gasteiger partial charge on any atom is -0.339 e. The van der Waals surface area contributed by atoms with Gasteiger partial charge in [-0.3, -0.25) is 4.79 Å². The molecule has 0 atom stereocenters. The van der Waals surface area contributed by atoms with Gasteiger partial charge in [0.2, 0.25) is 0 Å². The second kappa shape index (κ2) is 6.87. The lowest BCUT2D eigenvalue weighted by molar-refractivity contribution is 0.0763. The number of nitrogens with zero attached hydrogens (tertiary/aromatic N) is 1. The maximum atomic E-state index is 13.6. The Morgan fingerprint density at radius 3 is 2.45 bits per heavy atom. The molecule has 1 aromatic carbocycles. The van der Waals surface area contributed by atoms with Gasteiger partial charge in [-0.25, -0.2) is 12.8 Å². The van der Waals surface area contributed by atoms with Crippen LogP contribution in [0, 0.1) is 5.82 Å². The van der Waals surface area contributed by atoms with Crippen LogP contribution >= 0.6 is 26.6 Å². The molecule has 0 heterocycles. The van der Waals surface area contributed by atoms with Crippen molar-refractivity contribution in [1.82, 2.24) is 4.90 Å². The first-order chi connectivity index (χ1) is 9.22. The number of halogens is 3. The van der Waals surface area contributed by atoms with Crippen molar-refractivity contribution >= 4 is 41.6 Å². The Labute approximate surface area is 130 Å². The van der Waals surface area contributed by atoms with E-state index in [0.29, 0.717) is 13.1 Å². The van der Waals surface area contributed by atoms with E-state index in [2.05, 4.69) is 15.9 Å². The highest BCUT2D eigenvalue weighted by Crippen LogP contribution is 2.27. The van der Waals surface area contributed by atoms with Gasteiger partial charge in [-0.15, -0.1) is 0 Å². The lowest BCUT2D eigenvalue weighted by Crippen LogP contribution is -2.31. The first kappa shape index (κ1) is 17.4. The van der Waals surface area contributed by atoms with Crippen molar-refractivity contribution in [2.45, 2.75) is 25.2 Å². The predicted octanol–water partition coefficient (Wildman–Crippen LogP) is 3.39. The average molecular weight is 387 g/mol. The molecule has 0 fully saturated rings. The van der Waals surface area contributed by atoms with Gasteiger partial charge in [0, 0.05) is 28.2 Å². The zero-order valence-corrected chi connectivity index (χ0v) is 14.1. The molecule has 0 radical (unpaired) electrons. The van der Waals surface area contributed by atoms with Crippen molar-refractivity contribution < 1.29 is 17.6 Å². The second-order valence-electron chi connectivity index (χ2n) is 4.09. The molecule has 1 aromatic rings. The largest absolute Gasteiger partial charge is 0.339 e. The Morgan fingerprint density at radius 1 is 1.40 bits per heavy atom. The van der Waals surface area contributed by atoms with Crippen LogP contribution in [0.1, 0.15) is 30.6 Å². The maximum Gasteiger partial charge on any atom is 0.264 e. The van der Waals surface area contributed by atoms with Crippen LogP contribution in [0.2, 0.25) is 0 Å². The molecule has 20 heavy (non-hydrogen) atoms. The van der Waals surface area contributed by atoms with E-state index in [1.165, 1.54) is 0 Å².